The Morgan fingerprint density at radius 3 is 2.18 bits per heavy atom. The van der Waals surface area contributed by atoms with E-state index in [9.17, 15) is 0 Å². The summed E-state index contributed by atoms with van der Waals surface area (Å²) in [6, 6.07) is 21.3. The second kappa shape index (κ2) is 5.28. The summed E-state index contributed by atoms with van der Waals surface area (Å²) in [6.45, 7) is 2.14. The molecule has 3 aromatic carbocycles. The number of hydrogen-bond acceptors (Lipinski definition) is 0. The Bertz CT molecular complexity index is 940. The first-order valence-electron chi connectivity index (χ1n) is 7.10. The van der Waals surface area contributed by atoms with E-state index >= 15 is 0 Å². The molecule has 0 unspecified atom stereocenters. The molecule has 0 spiro atoms. The van der Waals surface area contributed by atoms with E-state index in [1.165, 1.54) is 30.9 Å². The molecule has 0 radical (unpaired) electrons. The predicted octanol–water partition coefficient (Wildman–Crippen LogP) is 6.35. The minimum absolute atomic E-state index is 0.759. The van der Waals surface area contributed by atoms with Crippen LogP contribution in [0.5, 0.6) is 0 Å². The van der Waals surface area contributed by atoms with E-state index in [1.807, 2.05) is 12.1 Å². The molecule has 0 saturated carbocycles. The summed E-state index contributed by atoms with van der Waals surface area (Å²) >= 11 is 8.41. The average Bonchev–Trinajstić information content (AvgIpc) is 2.81. The first-order chi connectivity index (χ1) is 10.6. The van der Waals surface area contributed by atoms with Crippen LogP contribution in [0, 0.1) is 10.5 Å². The van der Waals surface area contributed by atoms with Crippen molar-refractivity contribution in [3.63, 3.8) is 0 Å². The molecular formula is C19H13ClIN. The minimum atomic E-state index is 0.759. The smallest absolute Gasteiger partial charge is 0.0541 e. The van der Waals surface area contributed by atoms with Crippen molar-refractivity contribution in [1.82, 2.24) is 4.57 Å². The van der Waals surface area contributed by atoms with Crippen molar-refractivity contribution in [3.8, 4) is 5.69 Å². The molecule has 0 aliphatic heterocycles. The van der Waals surface area contributed by atoms with Crippen molar-refractivity contribution < 1.29 is 0 Å². The second-order valence-corrected chi connectivity index (χ2v) is 7.18. The van der Waals surface area contributed by atoms with Crippen molar-refractivity contribution in [2.24, 2.45) is 0 Å². The third-order valence-electron chi connectivity index (χ3n) is 3.97. The van der Waals surface area contributed by atoms with Gasteiger partial charge in [0, 0.05) is 25.1 Å². The molecule has 1 heterocycles. The predicted molar refractivity (Wildman–Crippen MR) is 103 cm³/mol. The van der Waals surface area contributed by atoms with Crippen molar-refractivity contribution in [2.45, 2.75) is 6.92 Å². The molecule has 0 saturated heterocycles. The molecule has 0 bridgehead atoms. The minimum Gasteiger partial charge on any atom is -0.309 e. The van der Waals surface area contributed by atoms with Gasteiger partial charge in [0.2, 0.25) is 0 Å². The summed E-state index contributed by atoms with van der Waals surface area (Å²) in [7, 11) is 0. The average molecular weight is 418 g/mol. The molecule has 0 N–H and O–H groups in total. The highest BCUT2D eigenvalue weighted by Gasteiger charge is 2.12. The van der Waals surface area contributed by atoms with Gasteiger partial charge >= 0.3 is 0 Å². The number of nitrogens with zero attached hydrogens (tertiary/aromatic N) is 1. The Balaban J connectivity index is 2.17. The van der Waals surface area contributed by atoms with Crippen LogP contribution in [0.4, 0.5) is 0 Å². The normalized spacial score (nSPS) is 11.4. The van der Waals surface area contributed by atoms with E-state index in [1.54, 1.807) is 0 Å². The zero-order chi connectivity index (χ0) is 15.3. The summed E-state index contributed by atoms with van der Waals surface area (Å²) in [4.78, 5) is 0. The van der Waals surface area contributed by atoms with Gasteiger partial charge in [0.1, 0.15) is 0 Å². The molecule has 0 amide bonds. The van der Waals surface area contributed by atoms with Gasteiger partial charge < -0.3 is 4.57 Å². The molecule has 108 valence electrons. The quantitative estimate of drug-likeness (QED) is 0.318. The van der Waals surface area contributed by atoms with Gasteiger partial charge in [-0.15, -0.1) is 0 Å². The largest absolute Gasteiger partial charge is 0.309 e. The third kappa shape index (κ3) is 2.22. The van der Waals surface area contributed by atoms with E-state index in [0.29, 0.717) is 0 Å². The zero-order valence-electron chi connectivity index (χ0n) is 12.0. The van der Waals surface area contributed by atoms with Crippen LogP contribution in [-0.4, -0.2) is 4.57 Å². The van der Waals surface area contributed by atoms with Crippen molar-refractivity contribution in [1.29, 1.82) is 0 Å². The van der Waals surface area contributed by atoms with Crippen molar-refractivity contribution in [3.05, 3.63) is 74.8 Å². The Labute approximate surface area is 147 Å². The van der Waals surface area contributed by atoms with E-state index < -0.39 is 0 Å². The monoisotopic (exact) mass is 417 g/mol. The van der Waals surface area contributed by atoms with Crippen molar-refractivity contribution >= 4 is 56.0 Å². The lowest BCUT2D eigenvalue weighted by molar-refractivity contribution is 1.18. The lowest BCUT2D eigenvalue weighted by Gasteiger charge is -2.08. The van der Waals surface area contributed by atoms with Crippen LogP contribution in [0.3, 0.4) is 0 Å². The van der Waals surface area contributed by atoms with E-state index in [4.69, 9.17) is 11.6 Å². The summed E-state index contributed by atoms with van der Waals surface area (Å²) < 4.78 is 3.55. The third-order valence-corrected chi connectivity index (χ3v) is 4.89. The Morgan fingerprint density at radius 2 is 1.45 bits per heavy atom. The molecule has 4 aromatic rings. The summed E-state index contributed by atoms with van der Waals surface area (Å²) in [5.74, 6) is 0. The van der Waals surface area contributed by atoms with Crippen LogP contribution < -0.4 is 0 Å². The van der Waals surface area contributed by atoms with Crippen LogP contribution >= 0.6 is 34.2 Å². The summed E-state index contributed by atoms with van der Waals surface area (Å²) in [5, 5.41) is 3.35. The van der Waals surface area contributed by atoms with E-state index in [0.717, 1.165) is 10.7 Å². The number of fused-ring (bicyclic) bond motifs is 3. The van der Waals surface area contributed by atoms with E-state index in [2.05, 4.69) is 82.6 Å². The van der Waals surface area contributed by atoms with Gasteiger partial charge in [0.15, 0.2) is 0 Å². The van der Waals surface area contributed by atoms with Crippen LogP contribution in [0.15, 0.2) is 60.7 Å². The zero-order valence-corrected chi connectivity index (χ0v) is 14.9. The molecule has 1 aromatic heterocycles. The Hall–Kier alpha value is -1.52. The molecule has 0 aliphatic carbocycles. The van der Waals surface area contributed by atoms with Crippen LogP contribution in [0.25, 0.3) is 27.5 Å². The lowest BCUT2D eigenvalue weighted by Crippen LogP contribution is -1.93. The molecule has 0 fully saturated rings. The van der Waals surface area contributed by atoms with Crippen LogP contribution in [0.1, 0.15) is 5.56 Å². The number of rotatable bonds is 1. The Kier molecular flexibility index (Phi) is 3.39. The second-order valence-electron chi connectivity index (χ2n) is 5.49. The topological polar surface area (TPSA) is 4.93 Å². The van der Waals surface area contributed by atoms with Gasteiger partial charge in [-0.1, -0.05) is 23.2 Å². The van der Waals surface area contributed by atoms with Crippen LogP contribution in [-0.2, 0) is 0 Å². The summed E-state index contributed by atoms with van der Waals surface area (Å²) in [6.07, 6.45) is 0. The highest BCUT2D eigenvalue weighted by atomic mass is 127. The molecule has 4 rings (SSSR count). The number of halogens is 2. The maximum Gasteiger partial charge on any atom is 0.0541 e. The first-order valence-corrected chi connectivity index (χ1v) is 8.55. The van der Waals surface area contributed by atoms with Gasteiger partial charge in [0.25, 0.3) is 0 Å². The summed E-state index contributed by atoms with van der Waals surface area (Å²) in [5.41, 5.74) is 4.87. The molecular weight excluding hydrogens is 405 g/mol. The van der Waals surface area contributed by atoms with Gasteiger partial charge in [-0.25, -0.2) is 0 Å². The fourth-order valence-corrected chi connectivity index (χ4v) is 3.59. The maximum absolute atomic E-state index is 6.04. The van der Waals surface area contributed by atoms with Crippen LogP contribution in [0.2, 0.25) is 5.02 Å². The SMILES string of the molecule is Cc1ccc2c(c1)c1cc(I)ccc1n2-c1ccc(Cl)cc1. The molecule has 1 nitrogen and oxygen atoms in total. The van der Waals surface area contributed by atoms with E-state index in [-0.39, 0.29) is 0 Å². The number of hydrogen-bond donors (Lipinski definition) is 0. The number of benzene rings is 3. The van der Waals surface area contributed by atoms with Gasteiger partial charge in [-0.2, -0.15) is 0 Å². The van der Waals surface area contributed by atoms with Gasteiger partial charge in [0.05, 0.1) is 11.0 Å². The number of aryl methyl sites for hydroxylation is 1. The molecule has 22 heavy (non-hydrogen) atoms. The standard InChI is InChI=1S/C19H13ClIN/c1-12-2-8-18-16(10-12)17-11-14(21)5-9-19(17)22(18)15-6-3-13(20)4-7-15/h2-11H,1H3. The van der Waals surface area contributed by atoms with Gasteiger partial charge in [-0.05, 0) is 84.1 Å². The highest BCUT2D eigenvalue weighted by molar-refractivity contribution is 14.1. The fourth-order valence-electron chi connectivity index (χ4n) is 2.98. The molecule has 3 heteroatoms. The van der Waals surface area contributed by atoms with Gasteiger partial charge in [-0.3, -0.25) is 0 Å². The highest BCUT2D eigenvalue weighted by Crippen LogP contribution is 2.33. The fraction of sp³-hybridized carbons (Fsp3) is 0.0526. The lowest BCUT2D eigenvalue weighted by atomic mass is 10.1. The van der Waals surface area contributed by atoms with Crippen molar-refractivity contribution in [2.75, 3.05) is 0 Å². The molecule has 0 atom stereocenters. The molecule has 0 aliphatic rings. The Morgan fingerprint density at radius 1 is 0.818 bits per heavy atom. The first kappa shape index (κ1) is 14.1. The maximum atomic E-state index is 6.04. The number of aromatic nitrogens is 1.